The molecule has 0 aliphatic carbocycles. The SMILES string of the molecule is CC1CN2CCCCC2CN1CC(F)(F)C(F)F. The topological polar surface area (TPSA) is 6.48 Å². The van der Waals surface area contributed by atoms with E-state index >= 15 is 0 Å². The molecule has 2 aliphatic rings. The van der Waals surface area contributed by atoms with Crippen LogP contribution in [0, 0.1) is 0 Å². The van der Waals surface area contributed by atoms with E-state index in [2.05, 4.69) is 4.90 Å². The summed E-state index contributed by atoms with van der Waals surface area (Å²) in [7, 11) is 0. The number of piperidine rings is 1. The van der Waals surface area contributed by atoms with Crippen LogP contribution in [0.4, 0.5) is 17.6 Å². The summed E-state index contributed by atoms with van der Waals surface area (Å²) in [5, 5.41) is 0. The highest BCUT2D eigenvalue weighted by atomic mass is 19.3. The second-order valence-electron chi connectivity index (χ2n) is 5.48. The fourth-order valence-electron chi connectivity index (χ4n) is 2.97. The number of halogens is 4. The van der Waals surface area contributed by atoms with E-state index in [1.54, 1.807) is 0 Å². The van der Waals surface area contributed by atoms with Crippen LogP contribution in [0.5, 0.6) is 0 Å². The number of rotatable bonds is 3. The van der Waals surface area contributed by atoms with Crippen molar-refractivity contribution in [2.24, 2.45) is 0 Å². The predicted molar refractivity (Wildman–Crippen MR) is 61.2 cm³/mol. The highest BCUT2D eigenvalue weighted by Crippen LogP contribution is 2.29. The summed E-state index contributed by atoms with van der Waals surface area (Å²) < 4.78 is 50.7. The molecule has 0 saturated carbocycles. The van der Waals surface area contributed by atoms with E-state index in [4.69, 9.17) is 0 Å². The van der Waals surface area contributed by atoms with Gasteiger partial charge in [-0.2, -0.15) is 8.78 Å². The number of hydrogen-bond donors (Lipinski definition) is 0. The van der Waals surface area contributed by atoms with Crippen molar-refractivity contribution in [3.63, 3.8) is 0 Å². The van der Waals surface area contributed by atoms with Crippen molar-refractivity contribution in [2.45, 2.75) is 50.6 Å². The second kappa shape index (κ2) is 5.33. The predicted octanol–water partition coefficient (Wildman–Crippen LogP) is 2.45. The van der Waals surface area contributed by atoms with Crippen LogP contribution in [0.3, 0.4) is 0 Å². The standard InChI is InChI=1S/C12H20F4N2/c1-9-6-17-5-3-2-4-10(17)7-18(9)8-12(15,16)11(13)14/h9-11H,2-8H2,1H3. The van der Waals surface area contributed by atoms with Crippen LogP contribution < -0.4 is 0 Å². The molecule has 2 heterocycles. The summed E-state index contributed by atoms with van der Waals surface area (Å²) in [6, 6.07) is 0.187. The molecule has 6 heteroatoms. The van der Waals surface area contributed by atoms with Gasteiger partial charge in [-0.15, -0.1) is 0 Å². The summed E-state index contributed by atoms with van der Waals surface area (Å²) >= 11 is 0. The first-order chi connectivity index (χ1) is 8.40. The van der Waals surface area contributed by atoms with Gasteiger partial charge in [0.05, 0.1) is 6.54 Å². The van der Waals surface area contributed by atoms with Crippen molar-refractivity contribution >= 4 is 0 Å². The molecular weight excluding hydrogens is 248 g/mol. The lowest BCUT2D eigenvalue weighted by molar-refractivity contribution is -0.153. The Morgan fingerprint density at radius 2 is 1.94 bits per heavy atom. The molecule has 106 valence electrons. The largest absolute Gasteiger partial charge is 0.319 e. The third kappa shape index (κ3) is 2.96. The van der Waals surface area contributed by atoms with Gasteiger partial charge in [0, 0.05) is 25.2 Å². The van der Waals surface area contributed by atoms with Crippen LogP contribution in [0.15, 0.2) is 0 Å². The Hall–Kier alpha value is -0.360. The molecule has 0 amide bonds. The lowest BCUT2D eigenvalue weighted by atomic mass is 9.97. The molecule has 2 nitrogen and oxygen atoms in total. The quantitative estimate of drug-likeness (QED) is 0.725. The molecule has 2 aliphatic heterocycles. The van der Waals surface area contributed by atoms with Gasteiger partial charge < -0.3 is 0 Å². The lowest BCUT2D eigenvalue weighted by Gasteiger charge is -2.48. The highest BCUT2D eigenvalue weighted by Gasteiger charge is 2.45. The average molecular weight is 268 g/mol. The molecule has 0 aromatic rings. The third-order valence-electron chi connectivity index (χ3n) is 4.05. The number of hydrogen-bond acceptors (Lipinski definition) is 2. The summed E-state index contributed by atoms with van der Waals surface area (Å²) in [5.74, 6) is -3.90. The Kier molecular flexibility index (Phi) is 4.16. The van der Waals surface area contributed by atoms with Crippen LogP contribution in [0.2, 0.25) is 0 Å². The van der Waals surface area contributed by atoms with E-state index in [-0.39, 0.29) is 12.1 Å². The van der Waals surface area contributed by atoms with Crippen LogP contribution in [0.1, 0.15) is 26.2 Å². The molecule has 0 spiro atoms. The van der Waals surface area contributed by atoms with Gasteiger partial charge in [0.15, 0.2) is 0 Å². The van der Waals surface area contributed by atoms with Crippen molar-refractivity contribution in [1.82, 2.24) is 9.80 Å². The molecule has 2 rings (SSSR count). The highest BCUT2D eigenvalue weighted by molar-refractivity contribution is 4.91. The Balaban J connectivity index is 1.97. The maximum Gasteiger partial charge on any atom is 0.319 e. The number of alkyl halides is 4. The Morgan fingerprint density at radius 1 is 1.22 bits per heavy atom. The Morgan fingerprint density at radius 3 is 2.61 bits per heavy atom. The molecule has 0 bridgehead atoms. The molecule has 2 unspecified atom stereocenters. The first-order valence-electron chi connectivity index (χ1n) is 6.54. The van der Waals surface area contributed by atoms with Crippen LogP contribution in [-0.4, -0.2) is 60.4 Å². The third-order valence-corrected chi connectivity index (χ3v) is 4.05. The minimum Gasteiger partial charge on any atom is -0.298 e. The summed E-state index contributed by atoms with van der Waals surface area (Å²) in [6.07, 6.45) is -0.330. The van der Waals surface area contributed by atoms with Gasteiger partial charge in [-0.3, -0.25) is 9.80 Å². The van der Waals surface area contributed by atoms with Crippen molar-refractivity contribution in [1.29, 1.82) is 0 Å². The van der Waals surface area contributed by atoms with E-state index in [1.807, 2.05) is 6.92 Å². The van der Waals surface area contributed by atoms with Crippen LogP contribution in [0.25, 0.3) is 0 Å². The Labute approximate surface area is 105 Å². The molecule has 0 radical (unpaired) electrons. The zero-order valence-electron chi connectivity index (χ0n) is 10.6. The lowest BCUT2D eigenvalue weighted by Crippen LogP contribution is -2.61. The minimum absolute atomic E-state index is 0.0797. The minimum atomic E-state index is -3.90. The van der Waals surface area contributed by atoms with Gasteiger partial charge in [0.25, 0.3) is 0 Å². The molecule has 2 atom stereocenters. The first kappa shape index (κ1) is 14.1. The van der Waals surface area contributed by atoms with E-state index in [9.17, 15) is 17.6 Å². The maximum absolute atomic E-state index is 13.1. The van der Waals surface area contributed by atoms with Crippen molar-refractivity contribution < 1.29 is 17.6 Å². The molecule has 2 fully saturated rings. The normalized spacial score (nSPS) is 31.7. The first-order valence-corrected chi connectivity index (χ1v) is 6.54. The smallest absolute Gasteiger partial charge is 0.298 e. The van der Waals surface area contributed by atoms with Gasteiger partial charge in [-0.1, -0.05) is 6.42 Å². The molecular formula is C12H20F4N2. The maximum atomic E-state index is 13.1. The summed E-state index contributed by atoms with van der Waals surface area (Å²) in [5.41, 5.74) is 0. The molecule has 0 N–H and O–H groups in total. The van der Waals surface area contributed by atoms with Crippen molar-refractivity contribution in [3.05, 3.63) is 0 Å². The zero-order chi connectivity index (χ0) is 13.3. The van der Waals surface area contributed by atoms with Gasteiger partial charge in [0.2, 0.25) is 0 Å². The monoisotopic (exact) mass is 268 g/mol. The van der Waals surface area contributed by atoms with E-state index in [0.717, 1.165) is 25.8 Å². The van der Waals surface area contributed by atoms with Crippen LogP contribution in [-0.2, 0) is 0 Å². The van der Waals surface area contributed by atoms with E-state index < -0.39 is 18.9 Å². The van der Waals surface area contributed by atoms with Crippen molar-refractivity contribution in [3.8, 4) is 0 Å². The molecule has 0 aromatic carbocycles. The number of fused-ring (bicyclic) bond motifs is 1. The average Bonchev–Trinajstić information content (AvgIpc) is 2.29. The van der Waals surface area contributed by atoms with Crippen molar-refractivity contribution in [2.75, 3.05) is 26.2 Å². The number of nitrogens with zero attached hydrogens (tertiary/aromatic N) is 2. The fourth-order valence-corrected chi connectivity index (χ4v) is 2.97. The van der Waals surface area contributed by atoms with Gasteiger partial charge >= 0.3 is 12.3 Å². The summed E-state index contributed by atoms with van der Waals surface area (Å²) in [6.45, 7) is 3.23. The van der Waals surface area contributed by atoms with Gasteiger partial charge in [-0.25, -0.2) is 8.78 Å². The summed E-state index contributed by atoms with van der Waals surface area (Å²) in [4.78, 5) is 3.84. The number of piperazine rings is 1. The Bertz CT molecular complexity index is 285. The van der Waals surface area contributed by atoms with Gasteiger partial charge in [-0.05, 0) is 26.3 Å². The fraction of sp³-hybridized carbons (Fsp3) is 1.00. The van der Waals surface area contributed by atoms with E-state index in [0.29, 0.717) is 13.1 Å². The molecule has 0 aromatic heterocycles. The van der Waals surface area contributed by atoms with E-state index in [1.165, 1.54) is 4.90 Å². The van der Waals surface area contributed by atoms with Gasteiger partial charge in [0.1, 0.15) is 0 Å². The second-order valence-corrected chi connectivity index (χ2v) is 5.48. The molecule has 18 heavy (non-hydrogen) atoms. The molecule has 2 saturated heterocycles. The van der Waals surface area contributed by atoms with Crippen LogP contribution >= 0.6 is 0 Å². The zero-order valence-corrected chi connectivity index (χ0v) is 10.6.